The van der Waals surface area contributed by atoms with Gasteiger partial charge in [-0.05, 0) is 44.2 Å². The second-order valence-corrected chi connectivity index (χ2v) is 7.74. The molecule has 0 atom stereocenters. The van der Waals surface area contributed by atoms with Crippen LogP contribution in [0.15, 0.2) is 34.2 Å². The number of hydrogen-bond donors (Lipinski definition) is 2. The third-order valence-electron chi connectivity index (χ3n) is 4.36. The van der Waals surface area contributed by atoms with Crippen molar-refractivity contribution >= 4 is 41.7 Å². The Kier molecular flexibility index (Phi) is 14.0. The fourth-order valence-corrected chi connectivity index (χ4v) is 3.51. The Bertz CT molecular complexity index is 522. The number of ether oxygens (including phenoxy) is 2. The summed E-state index contributed by atoms with van der Waals surface area (Å²) in [5.41, 5.74) is 1.30. The van der Waals surface area contributed by atoms with Crippen molar-refractivity contribution < 1.29 is 9.47 Å². The van der Waals surface area contributed by atoms with Gasteiger partial charge in [-0.15, -0.1) is 35.7 Å². The molecule has 7 heteroatoms. The minimum absolute atomic E-state index is 0. The number of nitrogens with zero attached hydrogens (tertiary/aromatic N) is 1. The molecule has 2 N–H and O–H groups in total. The Hall–Kier alpha value is -0.510. The Labute approximate surface area is 185 Å². The molecule has 1 aliphatic heterocycles. The highest BCUT2D eigenvalue weighted by Crippen LogP contribution is 2.17. The van der Waals surface area contributed by atoms with Gasteiger partial charge in [-0.1, -0.05) is 17.7 Å². The van der Waals surface area contributed by atoms with Crippen LogP contribution in [0.1, 0.15) is 24.8 Å². The lowest BCUT2D eigenvalue weighted by molar-refractivity contribution is 0.0203. The quantitative estimate of drug-likeness (QED) is 0.166. The largest absolute Gasteiger partial charge is 0.381 e. The summed E-state index contributed by atoms with van der Waals surface area (Å²) in [6, 6.07) is 8.65. The molecule has 1 saturated heterocycles. The van der Waals surface area contributed by atoms with E-state index in [0.717, 1.165) is 70.5 Å². The predicted molar refractivity (Wildman–Crippen MR) is 126 cm³/mol. The minimum Gasteiger partial charge on any atom is -0.381 e. The van der Waals surface area contributed by atoms with Crippen molar-refractivity contribution in [3.8, 4) is 0 Å². The Morgan fingerprint density at radius 2 is 1.89 bits per heavy atom. The molecule has 0 unspecified atom stereocenters. The van der Waals surface area contributed by atoms with Gasteiger partial charge in [-0.3, -0.25) is 4.99 Å². The van der Waals surface area contributed by atoms with Gasteiger partial charge in [0, 0.05) is 57.2 Å². The molecule has 0 radical (unpaired) electrons. The van der Waals surface area contributed by atoms with Crippen LogP contribution < -0.4 is 10.6 Å². The summed E-state index contributed by atoms with van der Waals surface area (Å²) < 4.78 is 11.2. The van der Waals surface area contributed by atoms with Gasteiger partial charge in [0.25, 0.3) is 0 Å². The van der Waals surface area contributed by atoms with Crippen LogP contribution in [-0.2, 0) is 9.47 Å². The third-order valence-corrected chi connectivity index (χ3v) is 5.37. The highest BCUT2D eigenvalue weighted by atomic mass is 127. The lowest BCUT2D eigenvalue weighted by Crippen LogP contribution is -2.39. The number of nitrogens with one attached hydrogen (secondary N) is 2. The zero-order chi connectivity index (χ0) is 18.5. The number of thioether (sulfide) groups is 1. The van der Waals surface area contributed by atoms with E-state index in [2.05, 4.69) is 46.8 Å². The Morgan fingerprint density at radius 3 is 2.59 bits per heavy atom. The molecule has 0 aliphatic carbocycles. The molecule has 2 rings (SSSR count). The monoisotopic (exact) mass is 507 g/mol. The number of aryl methyl sites for hydroxylation is 1. The molecule has 1 aromatic carbocycles. The lowest BCUT2D eigenvalue weighted by Gasteiger charge is -2.21. The molecule has 1 aromatic rings. The van der Waals surface area contributed by atoms with Gasteiger partial charge in [-0.2, -0.15) is 0 Å². The van der Waals surface area contributed by atoms with Gasteiger partial charge in [0.2, 0.25) is 0 Å². The van der Waals surface area contributed by atoms with Crippen molar-refractivity contribution in [1.29, 1.82) is 0 Å². The first-order valence-electron chi connectivity index (χ1n) is 9.57. The number of halogens is 1. The first-order chi connectivity index (χ1) is 12.8. The van der Waals surface area contributed by atoms with Crippen molar-refractivity contribution in [3.05, 3.63) is 29.8 Å². The summed E-state index contributed by atoms with van der Waals surface area (Å²) in [5.74, 6) is 2.55. The normalized spacial score (nSPS) is 15.3. The average Bonchev–Trinajstić information content (AvgIpc) is 2.68. The molecule has 0 saturated carbocycles. The predicted octanol–water partition coefficient (Wildman–Crippen LogP) is 3.70. The fraction of sp³-hybridized carbons (Fsp3) is 0.650. The van der Waals surface area contributed by atoms with E-state index < -0.39 is 0 Å². The van der Waals surface area contributed by atoms with Gasteiger partial charge < -0.3 is 20.1 Å². The first-order valence-corrected chi connectivity index (χ1v) is 10.6. The molecular formula is C20H34IN3O2S. The fourth-order valence-electron chi connectivity index (χ4n) is 2.74. The Morgan fingerprint density at radius 1 is 1.19 bits per heavy atom. The van der Waals surface area contributed by atoms with Crippen LogP contribution in [0.3, 0.4) is 0 Å². The molecule has 5 nitrogen and oxygen atoms in total. The van der Waals surface area contributed by atoms with E-state index in [0.29, 0.717) is 5.92 Å². The Balaban J connectivity index is 0.00000364. The van der Waals surface area contributed by atoms with Crippen molar-refractivity contribution in [2.45, 2.75) is 31.1 Å². The average molecular weight is 507 g/mol. The maximum Gasteiger partial charge on any atom is 0.191 e. The summed E-state index contributed by atoms with van der Waals surface area (Å²) in [6.45, 7) is 7.31. The van der Waals surface area contributed by atoms with Crippen molar-refractivity contribution in [2.24, 2.45) is 10.9 Å². The van der Waals surface area contributed by atoms with Crippen LogP contribution in [0, 0.1) is 12.8 Å². The second kappa shape index (κ2) is 15.4. The maximum absolute atomic E-state index is 5.79. The summed E-state index contributed by atoms with van der Waals surface area (Å²) in [7, 11) is 1.81. The van der Waals surface area contributed by atoms with Crippen molar-refractivity contribution in [2.75, 3.05) is 52.3 Å². The molecule has 0 spiro atoms. The number of benzene rings is 1. The van der Waals surface area contributed by atoms with Crippen LogP contribution in [0.2, 0.25) is 0 Å². The number of hydrogen-bond acceptors (Lipinski definition) is 4. The van der Waals surface area contributed by atoms with Crippen molar-refractivity contribution in [1.82, 2.24) is 10.6 Å². The molecule has 0 aromatic heterocycles. The molecule has 27 heavy (non-hydrogen) atoms. The lowest BCUT2D eigenvalue weighted by atomic mass is 10.0. The van der Waals surface area contributed by atoms with Gasteiger partial charge in [-0.25, -0.2) is 0 Å². The van der Waals surface area contributed by atoms with Crippen LogP contribution in [0.5, 0.6) is 0 Å². The molecule has 0 bridgehead atoms. The van der Waals surface area contributed by atoms with E-state index in [-0.39, 0.29) is 24.0 Å². The van der Waals surface area contributed by atoms with Crippen LogP contribution in [0.25, 0.3) is 0 Å². The molecule has 154 valence electrons. The topological polar surface area (TPSA) is 54.9 Å². The smallest absolute Gasteiger partial charge is 0.191 e. The van der Waals surface area contributed by atoms with Crippen LogP contribution in [0.4, 0.5) is 0 Å². The van der Waals surface area contributed by atoms with E-state index in [9.17, 15) is 0 Å². The highest BCUT2D eigenvalue weighted by molar-refractivity contribution is 14.0. The minimum atomic E-state index is 0. The summed E-state index contributed by atoms with van der Waals surface area (Å²) >= 11 is 1.86. The zero-order valence-electron chi connectivity index (χ0n) is 16.5. The number of aliphatic imine (C=N–C) groups is 1. The van der Waals surface area contributed by atoms with E-state index >= 15 is 0 Å². The maximum atomic E-state index is 5.79. The molecule has 0 amide bonds. The van der Waals surface area contributed by atoms with Gasteiger partial charge >= 0.3 is 0 Å². The van der Waals surface area contributed by atoms with E-state index in [4.69, 9.17) is 9.47 Å². The van der Waals surface area contributed by atoms with E-state index in [1.807, 2.05) is 18.8 Å². The van der Waals surface area contributed by atoms with Crippen molar-refractivity contribution in [3.63, 3.8) is 0 Å². The summed E-state index contributed by atoms with van der Waals surface area (Å²) in [5, 5.41) is 6.70. The zero-order valence-corrected chi connectivity index (χ0v) is 19.7. The molecular weight excluding hydrogens is 473 g/mol. The number of guanidine groups is 1. The van der Waals surface area contributed by atoms with Crippen LogP contribution >= 0.6 is 35.7 Å². The number of rotatable bonds is 10. The molecule has 1 fully saturated rings. The van der Waals surface area contributed by atoms with Crippen LogP contribution in [-0.4, -0.2) is 58.3 Å². The van der Waals surface area contributed by atoms with Gasteiger partial charge in [0.15, 0.2) is 5.96 Å². The summed E-state index contributed by atoms with van der Waals surface area (Å²) in [4.78, 5) is 5.57. The highest BCUT2D eigenvalue weighted by Gasteiger charge is 2.13. The molecule has 1 heterocycles. The van der Waals surface area contributed by atoms with E-state index in [1.165, 1.54) is 10.5 Å². The standard InChI is InChI=1S/C20H33N3O2S.HI/c1-17-4-6-19(7-5-17)26-15-11-23-20(21-2)22-10-3-12-25-16-18-8-13-24-14-9-18;/h4-7,18H,3,8-16H2,1-2H3,(H2,21,22,23);1H. The third kappa shape index (κ3) is 11.2. The first kappa shape index (κ1) is 24.5. The second-order valence-electron chi connectivity index (χ2n) is 6.57. The van der Waals surface area contributed by atoms with Gasteiger partial charge in [0.05, 0.1) is 0 Å². The summed E-state index contributed by atoms with van der Waals surface area (Å²) in [6.07, 6.45) is 3.26. The SMILES string of the molecule is CN=C(NCCCOCC1CCOCC1)NCCSc1ccc(C)cc1.I. The van der Waals surface area contributed by atoms with E-state index in [1.54, 1.807) is 0 Å². The van der Waals surface area contributed by atoms with Gasteiger partial charge in [0.1, 0.15) is 0 Å². The molecule has 1 aliphatic rings.